The monoisotopic (exact) mass is 808 g/mol. The third kappa shape index (κ3) is 11.1. The van der Waals surface area contributed by atoms with Gasteiger partial charge in [-0.25, -0.2) is 12.2 Å². The number of hydrogen-bond donors (Lipinski definition) is 0. The Labute approximate surface area is 344 Å². The molecule has 52 heavy (non-hydrogen) atoms. The minimum Gasteiger partial charge on any atom is -1.00 e. The number of hydrogen-bond acceptors (Lipinski definition) is 0. The fraction of sp³-hybridized carbons (Fsp3) is 0.388. The second-order valence-corrected chi connectivity index (χ2v) is 19.4. The van der Waals surface area contributed by atoms with Gasteiger partial charge in [-0.2, -0.15) is 6.08 Å². The van der Waals surface area contributed by atoms with Gasteiger partial charge in [0.1, 0.15) is 0 Å². The molecule has 0 unspecified atom stereocenters. The molecular formula is C49H60Cl2Zr-2. The van der Waals surface area contributed by atoms with Gasteiger partial charge in [0.05, 0.1) is 0 Å². The summed E-state index contributed by atoms with van der Waals surface area (Å²) in [6.45, 7) is 32.2. The molecule has 0 bridgehead atoms. The Morgan fingerprint density at radius 2 is 0.962 bits per heavy atom. The van der Waals surface area contributed by atoms with Crippen LogP contribution in [0.2, 0.25) is 0 Å². The normalized spacial score (nSPS) is 12.8. The Kier molecular flexibility index (Phi) is 15.6. The van der Waals surface area contributed by atoms with Gasteiger partial charge in [-0.1, -0.05) is 102 Å². The Morgan fingerprint density at radius 3 is 1.21 bits per heavy atom. The minimum absolute atomic E-state index is 0. The quantitative estimate of drug-likeness (QED) is 0.157. The minimum atomic E-state index is 0. The number of halogens is 2. The van der Waals surface area contributed by atoms with Crippen molar-refractivity contribution in [2.24, 2.45) is 10.8 Å². The topological polar surface area (TPSA) is 0 Å². The van der Waals surface area contributed by atoms with Crippen molar-refractivity contribution >= 4 is 24.8 Å². The van der Waals surface area contributed by atoms with Gasteiger partial charge in [0, 0.05) is 0 Å². The zero-order valence-electron chi connectivity index (χ0n) is 34.2. The van der Waals surface area contributed by atoms with Crippen molar-refractivity contribution in [3.8, 4) is 22.3 Å². The van der Waals surface area contributed by atoms with E-state index in [1.54, 1.807) is 27.4 Å². The largest absolute Gasteiger partial charge is 1.00 e. The van der Waals surface area contributed by atoms with Crippen molar-refractivity contribution in [1.29, 1.82) is 0 Å². The number of benzene rings is 4. The summed E-state index contributed by atoms with van der Waals surface area (Å²) in [7, 11) is 0. The molecule has 3 heteroatoms. The van der Waals surface area contributed by atoms with E-state index in [1.165, 1.54) is 66.1 Å². The first-order chi connectivity index (χ1) is 23.1. The number of fused-ring (bicyclic) bond motifs is 3. The van der Waals surface area contributed by atoms with Crippen LogP contribution < -0.4 is 24.8 Å². The van der Waals surface area contributed by atoms with Gasteiger partial charge in [0.2, 0.25) is 0 Å². The molecule has 0 radical (unpaired) electrons. The molecule has 0 saturated heterocycles. The molecule has 5 aromatic carbocycles. The molecule has 6 rings (SSSR count). The first kappa shape index (κ1) is 45.7. The molecule has 1 aliphatic carbocycles. The summed E-state index contributed by atoms with van der Waals surface area (Å²) in [6, 6.07) is 29.8. The molecule has 0 aromatic heterocycles. The van der Waals surface area contributed by atoms with Crippen molar-refractivity contribution in [3.05, 3.63) is 125 Å². The van der Waals surface area contributed by atoms with E-state index < -0.39 is 0 Å². The molecule has 0 saturated carbocycles. The summed E-state index contributed by atoms with van der Waals surface area (Å²) < 4.78 is 1.66. The SMILES string of the molecule is CC(C)(C)[C](=[Zr+2])C(C)(C)C.Cc1ccccc1-c1cc2[cH-]c3cc(-c4ccccc4C)c(C(C)(C)C)cc3c2cc1C(C)(C)C.[C-]1=CC=CC1.[Cl-].[Cl-]. The molecule has 0 heterocycles. The van der Waals surface area contributed by atoms with Gasteiger partial charge in [-0.05, 0) is 69.2 Å². The maximum atomic E-state index is 2.99. The molecule has 0 spiro atoms. The average molecular weight is 811 g/mol. The van der Waals surface area contributed by atoms with Crippen molar-refractivity contribution < 1.29 is 49.0 Å². The van der Waals surface area contributed by atoms with E-state index in [2.05, 4.69) is 188 Å². The zero-order chi connectivity index (χ0) is 37.2. The van der Waals surface area contributed by atoms with Crippen LogP contribution in [-0.2, 0) is 35.1 Å². The molecule has 0 aliphatic heterocycles. The van der Waals surface area contributed by atoms with E-state index in [0.29, 0.717) is 10.8 Å². The Morgan fingerprint density at radius 1 is 0.577 bits per heavy atom. The van der Waals surface area contributed by atoms with Gasteiger partial charge in [0.15, 0.2) is 0 Å². The Hall–Kier alpha value is -2.44. The summed E-state index contributed by atoms with van der Waals surface area (Å²) >= 11 is 1.59. The number of allylic oxidation sites excluding steroid dienone is 4. The van der Waals surface area contributed by atoms with Crippen molar-refractivity contribution in [2.75, 3.05) is 0 Å². The van der Waals surface area contributed by atoms with Crippen LogP contribution in [0, 0.1) is 30.8 Å². The van der Waals surface area contributed by atoms with Crippen LogP contribution in [0.1, 0.15) is 112 Å². The molecule has 276 valence electrons. The summed E-state index contributed by atoms with van der Waals surface area (Å²) in [6.07, 6.45) is 10.0. The van der Waals surface area contributed by atoms with Gasteiger partial charge >= 0.3 is 79.8 Å². The van der Waals surface area contributed by atoms with Gasteiger partial charge in [0.25, 0.3) is 0 Å². The molecule has 5 aromatic rings. The smallest absolute Gasteiger partial charge is 0.0139 e. The summed E-state index contributed by atoms with van der Waals surface area (Å²) in [5, 5.41) is 5.38. The summed E-state index contributed by atoms with van der Waals surface area (Å²) in [4.78, 5) is 0. The predicted molar refractivity (Wildman–Crippen MR) is 220 cm³/mol. The maximum Gasteiger partial charge on any atom is -0.0139 e. The third-order valence-electron chi connectivity index (χ3n) is 9.55. The molecule has 0 atom stereocenters. The second-order valence-electron chi connectivity index (χ2n) is 18.1. The summed E-state index contributed by atoms with van der Waals surface area (Å²) in [5.74, 6) is 0. The first-order valence-corrected chi connectivity index (χ1v) is 19.5. The molecule has 0 nitrogen and oxygen atoms in total. The third-order valence-corrected chi connectivity index (χ3v) is 13.2. The predicted octanol–water partition coefficient (Wildman–Crippen LogP) is 8.37. The van der Waals surface area contributed by atoms with E-state index in [4.69, 9.17) is 0 Å². The van der Waals surface area contributed by atoms with E-state index in [1.807, 2.05) is 12.2 Å². The van der Waals surface area contributed by atoms with Crippen LogP contribution in [-0.4, -0.2) is 3.21 Å². The fourth-order valence-corrected chi connectivity index (χ4v) is 7.01. The van der Waals surface area contributed by atoms with Gasteiger partial charge in [-0.15, -0.1) is 46.2 Å². The fourth-order valence-electron chi connectivity index (χ4n) is 7.01. The van der Waals surface area contributed by atoms with Crippen LogP contribution in [0.3, 0.4) is 0 Å². The standard InChI is InChI=1S/C35H37.C9H18.C5H5.2ClH.Zr/c1-22-13-9-11-15-26(22)30-18-24-17-25-19-31(27-16-12-10-14-23(27)2)33(35(6,7)8)21-29(25)28(24)20-32(30)34(3,4)5;1-8(2,3)7-9(4,5)6;1-2-4-5-3-1;;;/h9-21H,1-8H3;1-6H3;1-3H,4H2;2*1H;/q-1;;-1;;;+2/p-2. The van der Waals surface area contributed by atoms with Crippen LogP contribution in [0.4, 0.5) is 0 Å². The Balaban J connectivity index is 0.000000462. The van der Waals surface area contributed by atoms with E-state index in [-0.39, 0.29) is 35.6 Å². The maximum absolute atomic E-state index is 2.99. The van der Waals surface area contributed by atoms with Crippen LogP contribution >= 0.6 is 0 Å². The molecule has 0 N–H and O–H groups in total. The summed E-state index contributed by atoms with van der Waals surface area (Å²) in [5.41, 5.74) is 11.7. The average Bonchev–Trinajstić information content (AvgIpc) is 3.70. The van der Waals surface area contributed by atoms with E-state index in [9.17, 15) is 0 Å². The molecule has 0 fully saturated rings. The van der Waals surface area contributed by atoms with Crippen molar-refractivity contribution in [3.63, 3.8) is 0 Å². The first-order valence-electron chi connectivity index (χ1n) is 18.3. The zero-order valence-corrected chi connectivity index (χ0v) is 38.2. The molecule has 1 aliphatic rings. The van der Waals surface area contributed by atoms with Crippen molar-refractivity contribution in [2.45, 2.75) is 114 Å². The number of rotatable bonds is 2. The molecular weight excluding hydrogens is 751 g/mol. The van der Waals surface area contributed by atoms with E-state index in [0.717, 1.165) is 6.42 Å². The van der Waals surface area contributed by atoms with Crippen LogP contribution in [0.5, 0.6) is 0 Å². The number of aryl methyl sites for hydroxylation is 2. The van der Waals surface area contributed by atoms with Gasteiger partial charge < -0.3 is 24.8 Å². The Bertz CT molecular complexity index is 1900. The van der Waals surface area contributed by atoms with Crippen LogP contribution in [0.25, 0.3) is 43.8 Å². The van der Waals surface area contributed by atoms with Crippen molar-refractivity contribution in [1.82, 2.24) is 0 Å². The molecule has 0 amide bonds. The van der Waals surface area contributed by atoms with E-state index >= 15 is 0 Å². The van der Waals surface area contributed by atoms with Gasteiger partial charge in [-0.3, -0.25) is 6.08 Å². The van der Waals surface area contributed by atoms with Crippen LogP contribution in [0.15, 0.2) is 97.1 Å². The second kappa shape index (κ2) is 17.8.